The quantitative estimate of drug-likeness (QED) is 0.555. The first-order valence-corrected chi connectivity index (χ1v) is 3.10. The van der Waals surface area contributed by atoms with Gasteiger partial charge >= 0.3 is 0 Å². The van der Waals surface area contributed by atoms with Crippen LogP contribution in [0.2, 0.25) is 0 Å². The van der Waals surface area contributed by atoms with Crippen molar-refractivity contribution in [3.8, 4) is 0 Å². The van der Waals surface area contributed by atoms with Gasteiger partial charge in [0.2, 0.25) is 0 Å². The van der Waals surface area contributed by atoms with Gasteiger partial charge in [-0.1, -0.05) is 12.2 Å². The summed E-state index contributed by atoms with van der Waals surface area (Å²) in [6, 6.07) is 1.98. The van der Waals surface area contributed by atoms with Gasteiger partial charge in [0.05, 0.1) is 0 Å². The fourth-order valence-corrected chi connectivity index (χ4v) is 0.901. The number of aliphatic imine (C=N–C) groups is 1. The number of rotatable bonds is 0. The Labute approximate surface area is 58.6 Å². The van der Waals surface area contributed by atoms with Gasteiger partial charge in [0, 0.05) is 11.8 Å². The molecule has 0 fully saturated rings. The Morgan fingerprint density at radius 3 is 3.50 bits per heavy atom. The van der Waals surface area contributed by atoms with Crippen LogP contribution < -0.4 is 0 Å². The number of hydrogen-bond acceptors (Lipinski definition) is 1. The van der Waals surface area contributed by atoms with E-state index in [-0.39, 0.29) is 0 Å². The summed E-state index contributed by atoms with van der Waals surface area (Å²) in [5.74, 6) is 3.65. The number of aromatic amines is 1. The van der Waals surface area contributed by atoms with Gasteiger partial charge in [-0.05, 0) is 18.0 Å². The molecule has 1 aliphatic heterocycles. The first-order valence-electron chi connectivity index (χ1n) is 3.10. The summed E-state index contributed by atoms with van der Waals surface area (Å²) in [6.45, 7) is 0. The van der Waals surface area contributed by atoms with E-state index in [1.807, 2.05) is 24.4 Å². The second-order valence-corrected chi connectivity index (χ2v) is 2.05. The van der Waals surface area contributed by atoms with Gasteiger partial charge in [0.1, 0.15) is 5.82 Å². The zero-order chi connectivity index (χ0) is 6.81. The van der Waals surface area contributed by atoms with Crippen molar-refractivity contribution >= 4 is 17.8 Å². The van der Waals surface area contributed by atoms with Crippen LogP contribution in [0.1, 0.15) is 5.56 Å². The number of nitrogens with one attached hydrogen (secondary N) is 1. The van der Waals surface area contributed by atoms with Crippen molar-refractivity contribution in [2.45, 2.75) is 0 Å². The maximum atomic E-state index is 4.02. The molecule has 0 saturated carbocycles. The van der Waals surface area contributed by atoms with Crippen molar-refractivity contribution in [1.29, 1.82) is 0 Å². The van der Waals surface area contributed by atoms with E-state index in [9.17, 15) is 0 Å². The minimum absolute atomic E-state index is 0.880. The van der Waals surface area contributed by atoms with Crippen LogP contribution in [-0.2, 0) is 0 Å². The normalized spacial score (nSPS) is 13.2. The maximum absolute atomic E-state index is 4.02. The molecule has 2 heterocycles. The predicted octanol–water partition coefficient (Wildman–Crippen LogP) is 1.90. The van der Waals surface area contributed by atoms with E-state index in [0.717, 1.165) is 11.4 Å². The highest BCUT2D eigenvalue weighted by Crippen LogP contribution is 2.18. The molecule has 2 rings (SSSR count). The molecule has 2 nitrogen and oxygen atoms in total. The zero-order valence-electron chi connectivity index (χ0n) is 5.33. The fraction of sp³-hybridized carbons (Fsp3) is 0. The first-order chi connectivity index (χ1) is 4.97. The number of hydrogen-bond donors (Lipinski definition) is 1. The van der Waals surface area contributed by atoms with Crippen molar-refractivity contribution in [2.24, 2.45) is 4.99 Å². The third kappa shape index (κ3) is 0.714. The number of fused-ring (bicyclic) bond motifs is 1. The van der Waals surface area contributed by atoms with Gasteiger partial charge in [-0.15, -0.1) is 0 Å². The van der Waals surface area contributed by atoms with Crippen LogP contribution in [0.15, 0.2) is 29.4 Å². The van der Waals surface area contributed by atoms with E-state index in [2.05, 4.69) is 15.8 Å². The Balaban J connectivity index is 2.68. The Hall–Kier alpha value is -1.53. The molecule has 2 heteroatoms. The molecule has 0 saturated heterocycles. The molecule has 0 amide bonds. The summed E-state index contributed by atoms with van der Waals surface area (Å²) < 4.78 is 0. The molecule has 1 aliphatic rings. The molecule has 0 aliphatic carbocycles. The Kier molecular flexibility index (Phi) is 1.06. The van der Waals surface area contributed by atoms with Crippen LogP contribution in [0.3, 0.4) is 0 Å². The van der Waals surface area contributed by atoms with Gasteiger partial charge in [-0.2, -0.15) is 4.99 Å². The van der Waals surface area contributed by atoms with Gasteiger partial charge < -0.3 is 4.98 Å². The summed E-state index contributed by atoms with van der Waals surface area (Å²) in [6.07, 6.45) is 7.57. The molecule has 0 bridgehead atoms. The van der Waals surface area contributed by atoms with Gasteiger partial charge in [0.25, 0.3) is 0 Å². The lowest BCUT2D eigenvalue weighted by molar-refractivity contribution is 1.35. The summed E-state index contributed by atoms with van der Waals surface area (Å²) in [5.41, 5.74) is 1.11. The highest BCUT2D eigenvalue weighted by atomic mass is 14.9. The van der Waals surface area contributed by atoms with Crippen molar-refractivity contribution in [1.82, 2.24) is 4.98 Å². The average molecular weight is 130 g/mol. The van der Waals surface area contributed by atoms with E-state index in [4.69, 9.17) is 0 Å². The molecule has 1 aromatic heterocycles. The molecule has 0 unspecified atom stereocenters. The monoisotopic (exact) mass is 130 g/mol. The van der Waals surface area contributed by atoms with Crippen molar-refractivity contribution in [2.75, 3.05) is 0 Å². The predicted molar refractivity (Wildman–Crippen MR) is 41.5 cm³/mol. The molecular weight excluding hydrogens is 124 g/mol. The van der Waals surface area contributed by atoms with Crippen molar-refractivity contribution < 1.29 is 0 Å². The Bertz CT molecular complexity index is 325. The number of aromatic nitrogens is 1. The van der Waals surface area contributed by atoms with Crippen LogP contribution in [0.5, 0.6) is 0 Å². The molecule has 0 spiro atoms. The van der Waals surface area contributed by atoms with Gasteiger partial charge in [0.15, 0.2) is 0 Å². The number of allylic oxidation sites excluding steroid dienone is 2. The van der Waals surface area contributed by atoms with E-state index in [1.165, 1.54) is 0 Å². The second kappa shape index (κ2) is 2.01. The molecular formula is C8H6N2. The topological polar surface area (TPSA) is 28.1 Å². The molecule has 1 N–H and O–H groups in total. The minimum atomic E-state index is 0.880. The van der Waals surface area contributed by atoms with Crippen LogP contribution in [0.25, 0.3) is 6.08 Å². The molecule has 1 aromatic rings. The largest absolute Gasteiger partial charge is 0.346 e. The molecule has 10 heavy (non-hydrogen) atoms. The average Bonchev–Trinajstić information content (AvgIpc) is 2.28. The van der Waals surface area contributed by atoms with Crippen molar-refractivity contribution in [3.63, 3.8) is 0 Å². The highest BCUT2D eigenvalue weighted by Gasteiger charge is 1.96. The van der Waals surface area contributed by atoms with E-state index in [1.54, 1.807) is 6.08 Å². The third-order valence-corrected chi connectivity index (χ3v) is 1.38. The summed E-state index contributed by atoms with van der Waals surface area (Å²) in [5, 5.41) is 0. The van der Waals surface area contributed by atoms with Crippen molar-refractivity contribution in [3.05, 3.63) is 30.0 Å². The van der Waals surface area contributed by atoms with Crippen LogP contribution in [0, 0.1) is 0 Å². The summed E-state index contributed by atoms with van der Waals surface area (Å²) in [4.78, 5) is 7.02. The standard InChI is InChI=1S/C8H6N2/c1-2-5-9-8-7(3-1)4-6-10-8/h1-4,6,10H. The molecule has 0 atom stereocenters. The van der Waals surface area contributed by atoms with E-state index in [0.29, 0.717) is 0 Å². The number of nitrogens with zero attached hydrogens (tertiary/aromatic N) is 1. The van der Waals surface area contributed by atoms with Crippen LogP contribution >= 0.6 is 0 Å². The van der Waals surface area contributed by atoms with Gasteiger partial charge in [-0.25, -0.2) is 0 Å². The summed E-state index contributed by atoms with van der Waals surface area (Å²) >= 11 is 0. The smallest absolute Gasteiger partial charge is 0.147 e. The lowest BCUT2D eigenvalue weighted by atomic mass is 10.3. The Morgan fingerprint density at radius 2 is 2.50 bits per heavy atom. The highest BCUT2D eigenvalue weighted by molar-refractivity contribution is 5.72. The molecule has 0 aromatic carbocycles. The number of H-pyrrole nitrogens is 1. The van der Waals surface area contributed by atoms with E-state index >= 15 is 0 Å². The van der Waals surface area contributed by atoms with E-state index < -0.39 is 0 Å². The SMILES string of the molecule is C1=CC=Cc2cc[nH]c2N=1. The zero-order valence-corrected chi connectivity index (χ0v) is 5.33. The maximum Gasteiger partial charge on any atom is 0.147 e. The Morgan fingerprint density at radius 1 is 1.50 bits per heavy atom. The second-order valence-electron chi connectivity index (χ2n) is 2.05. The lowest BCUT2D eigenvalue weighted by Crippen LogP contribution is -1.63. The first kappa shape index (κ1) is 5.27. The summed E-state index contributed by atoms with van der Waals surface area (Å²) in [7, 11) is 0. The van der Waals surface area contributed by atoms with Crippen LogP contribution in [0.4, 0.5) is 5.82 Å². The fourth-order valence-electron chi connectivity index (χ4n) is 0.901. The molecule has 0 radical (unpaired) electrons. The van der Waals surface area contributed by atoms with Gasteiger partial charge in [-0.3, -0.25) is 0 Å². The van der Waals surface area contributed by atoms with Crippen LogP contribution in [-0.4, -0.2) is 10.9 Å². The lowest BCUT2D eigenvalue weighted by Gasteiger charge is -1.84. The third-order valence-electron chi connectivity index (χ3n) is 1.38. The molecule has 48 valence electrons. The minimum Gasteiger partial charge on any atom is -0.346 e.